The molecule has 1 aliphatic heterocycles. The van der Waals surface area contributed by atoms with Crippen molar-refractivity contribution in [2.24, 2.45) is 0 Å². The Bertz CT molecular complexity index is 1410. The lowest BCUT2D eigenvalue weighted by atomic mass is 9.95. The Morgan fingerprint density at radius 1 is 0.971 bits per heavy atom. The standard InChI is InChI=1S/C30H29N3O2/c1-19-14-22(15-31)8-13-25(19)26-6-5-7-27-29(26)32-16-28(30(27)34-4)23-9-11-24(12-10-23)33-17-20(2)35-21(3)18-33/h5-14,16,20-21H,17-18H2,1-4H3. The van der Waals surface area contributed by atoms with Crippen LogP contribution in [-0.2, 0) is 4.74 Å². The third-order valence-corrected chi connectivity index (χ3v) is 6.66. The van der Waals surface area contributed by atoms with Crippen molar-refractivity contribution >= 4 is 16.6 Å². The third-order valence-electron chi connectivity index (χ3n) is 6.66. The molecule has 2 unspecified atom stereocenters. The first-order valence-electron chi connectivity index (χ1n) is 12.0. The average molecular weight is 464 g/mol. The quantitative estimate of drug-likeness (QED) is 0.352. The lowest BCUT2D eigenvalue weighted by molar-refractivity contribution is -0.00521. The summed E-state index contributed by atoms with van der Waals surface area (Å²) in [7, 11) is 1.71. The number of nitrogens with zero attached hydrogens (tertiary/aromatic N) is 3. The number of morpholine rings is 1. The molecule has 2 atom stereocenters. The molecule has 0 saturated carbocycles. The van der Waals surface area contributed by atoms with Crippen LogP contribution in [0.1, 0.15) is 25.0 Å². The Morgan fingerprint density at radius 2 is 1.71 bits per heavy atom. The Kier molecular flexibility index (Phi) is 6.15. The summed E-state index contributed by atoms with van der Waals surface area (Å²) in [6, 6.07) is 22.7. The molecule has 0 spiro atoms. The average Bonchev–Trinajstić information content (AvgIpc) is 2.87. The van der Waals surface area contributed by atoms with Gasteiger partial charge in [-0.25, -0.2) is 0 Å². The lowest BCUT2D eigenvalue weighted by Crippen LogP contribution is -2.45. The molecule has 5 nitrogen and oxygen atoms in total. The highest BCUT2D eigenvalue weighted by molar-refractivity contribution is 6.00. The van der Waals surface area contributed by atoms with Gasteiger partial charge in [-0.05, 0) is 67.8 Å². The summed E-state index contributed by atoms with van der Waals surface area (Å²) >= 11 is 0. The molecule has 0 aliphatic carbocycles. The summed E-state index contributed by atoms with van der Waals surface area (Å²) in [5, 5.41) is 10.2. The maximum absolute atomic E-state index is 9.23. The number of aromatic nitrogens is 1. The van der Waals surface area contributed by atoms with Crippen molar-refractivity contribution in [1.82, 2.24) is 4.98 Å². The number of hydrogen-bond donors (Lipinski definition) is 0. The van der Waals surface area contributed by atoms with Gasteiger partial charge in [0, 0.05) is 41.5 Å². The number of hydrogen-bond acceptors (Lipinski definition) is 5. The number of ether oxygens (including phenoxy) is 2. The van der Waals surface area contributed by atoms with Crippen LogP contribution >= 0.6 is 0 Å². The van der Waals surface area contributed by atoms with Crippen molar-refractivity contribution in [2.75, 3.05) is 25.1 Å². The monoisotopic (exact) mass is 463 g/mol. The molecule has 1 aliphatic rings. The Hall–Kier alpha value is -3.88. The van der Waals surface area contributed by atoms with Crippen LogP contribution < -0.4 is 9.64 Å². The molecule has 4 aromatic rings. The van der Waals surface area contributed by atoms with Crippen LogP contribution in [0.25, 0.3) is 33.2 Å². The van der Waals surface area contributed by atoms with E-state index in [4.69, 9.17) is 14.5 Å². The number of pyridine rings is 1. The number of nitriles is 1. The van der Waals surface area contributed by atoms with Gasteiger partial charge >= 0.3 is 0 Å². The fourth-order valence-corrected chi connectivity index (χ4v) is 5.12. The van der Waals surface area contributed by atoms with Crippen LogP contribution in [0.5, 0.6) is 5.75 Å². The summed E-state index contributed by atoms with van der Waals surface area (Å²) in [5.74, 6) is 0.810. The number of rotatable bonds is 4. The zero-order valence-corrected chi connectivity index (χ0v) is 20.6. The number of para-hydroxylation sites is 1. The first kappa shape index (κ1) is 22.9. The first-order chi connectivity index (χ1) is 17.0. The van der Waals surface area contributed by atoms with E-state index in [-0.39, 0.29) is 12.2 Å². The first-order valence-corrected chi connectivity index (χ1v) is 12.0. The van der Waals surface area contributed by atoms with Crippen LogP contribution in [0.15, 0.2) is 66.9 Å². The topological polar surface area (TPSA) is 58.4 Å². The van der Waals surface area contributed by atoms with Gasteiger partial charge in [0.25, 0.3) is 0 Å². The maximum atomic E-state index is 9.23. The number of aryl methyl sites for hydroxylation is 1. The number of methoxy groups -OCH3 is 1. The van der Waals surface area contributed by atoms with E-state index >= 15 is 0 Å². The van der Waals surface area contributed by atoms with Crippen molar-refractivity contribution in [3.8, 4) is 34.1 Å². The van der Waals surface area contributed by atoms with E-state index in [1.54, 1.807) is 7.11 Å². The zero-order valence-electron chi connectivity index (χ0n) is 20.6. The molecule has 0 N–H and O–H groups in total. The van der Waals surface area contributed by atoms with Crippen LogP contribution in [0.2, 0.25) is 0 Å². The molecule has 2 heterocycles. The SMILES string of the molecule is COc1c(-c2ccc(N3CC(C)OC(C)C3)cc2)cnc2c(-c3ccc(C#N)cc3C)cccc12. The van der Waals surface area contributed by atoms with Gasteiger partial charge in [-0.15, -0.1) is 0 Å². The molecule has 1 saturated heterocycles. The zero-order chi connectivity index (χ0) is 24.5. The smallest absolute Gasteiger partial charge is 0.137 e. The van der Waals surface area contributed by atoms with Crippen molar-refractivity contribution < 1.29 is 9.47 Å². The molecular formula is C30H29N3O2. The van der Waals surface area contributed by atoms with Crippen LogP contribution in [0, 0.1) is 18.3 Å². The van der Waals surface area contributed by atoms with E-state index < -0.39 is 0 Å². The molecule has 5 rings (SSSR count). The molecule has 176 valence electrons. The second kappa shape index (κ2) is 9.40. The molecular weight excluding hydrogens is 434 g/mol. The Labute approximate surface area is 206 Å². The second-order valence-electron chi connectivity index (χ2n) is 9.26. The van der Waals surface area contributed by atoms with Crippen molar-refractivity contribution in [3.63, 3.8) is 0 Å². The predicted octanol–water partition coefficient (Wildman–Crippen LogP) is 6.37. The molecule has 0 amide bonds. The van der Waals surface area contributed by atoms with E-state index in [9.17, 15) is 5.26 Å². The number of anilines is 1. The number of fused-ring (bicyclic) bond motifs is 1. The second-order valence-corrected chi connectivity index (χ2v) is 9.26. The van der Waals surface area contributed by atoms with Gasteiger partial charge in [0.05, 0.1) is 36.5 Å². The lowest BCUT2D eigenvalue weighted by Gasteiger charge is -2.36. The molecule has 0 bridgehead atoms. The highest BCUT2D eigenvalue weighted by Crippen LogP contribution is 2.40. The fraction of sp³-hybridized carbons (Fsp3) is 0.267. The minimum absolute atomic E-state index is 0.220. The highest BCUT2D eigenvalue weighted by atomic mass is 16.5. The van der Waals surface area contributed by atoms with E-state index in [0.29, 0.717) is 5.56 Å². The molecule has 1 aromatic heterocycles. The van der Waals surface area contributed by atoms with Gasteiger partial charge in [-0.1, -0.05) is 30.3 Å². The molecule has 3 aromatic carbocycles. The van der Waals surface area contributed by atoms with Gasteiger partial charge in [0.15, 0.2) is 0 Å². The molecule has 0 radical (unpaired) electrons. The maximum Gasteiger partial charge on any atom is 0.137 e. The van der Waals surface area contributed by atoms with Crippen molar-refractivity contribution in [3.05, 3.63) is 78.0 Å². The van der Waals surface area contributed by atoms with Gasteiger partial charge < -0.3 is 14.4 Å². The van der Waals surface area contributed by atoms with E-state index in [1.165, 1.54) is 5.69 Å². The van der Waals surface area contributed by atoms with Gasteiger partial charge in [0.1, 0.15) is 5.75 Å². The van der Waals surface area contributed by atoms with Crippen LogP contribution in [0.4, 0.5) is 5.69 Å². The van der Waals surface area contributed by atoms with Crippen LogP contribution in [0.3, 0.4) is 0 Å². The summed E-state index contributed by atoms with van der Waals surface area (Å²) in [4.78, 5) is 7.27. The summed E-state index contributed by atoms with van der Waals surface area (Å²) in [6.45, 7) is 8.05. The van der Waals surface area contributed by atoms with E-state index in [2.05, 4.69) is 61.2 Å². The fourth-order valence-electron chi connectivity index (χ4n) is 5.12. The largest absolute Gasteiger partial charge is 0.495 e. The molecule has 35 heavy (non-hydrogen) atoms. The summed E-state index contributed by atoms with van der Waals surface area (Å²) in [5.41, 5.74) is 7.90. The Balaban J connectivity index is 1.54. The summed E-state index contributed by atoms with van der Waals surface area (Å²) in [6.07, 6.45) is 2.34. The Morgan fingerprint density at radius 3 is 2.37 bits per heavy atom. The highest BCUT2D eigenvalue weighted by Gasteiger charge is 2.22. The molecule has 5 heteroatoms. The normalized spacial score (nSPS) is 17.9. The van der Waals surface area contributed by atoms with Gasteiger partial charge in [-0.3, -0.25) is 4.98 Å². The third kappa shape index (κ3) is 4.34. The molecule has 1 fully saturated rings. The van der Waals surface area contributed by atoms with Gasteiger partial charge in [0.2, 0.25) is 0 Å². The van der Waals surface area contributed by atoms with Crippen molar-refractivity contribution in [1.29, 1.82) is 5.26 Å². The van der Waals surface area contributed by atoms with Crippen LogP contribution in [-0.4, -0.2) is 37.4 Å². The van der Waals surface area contributed by atoms with E-state index in [1.807, 2.05) is 37.4 Å². The number of benzene rings is 3. The predicted molar refractivity (Wildman–Crippen MR) is 141 cm³/mol. The minimum atomic E-state index is 0.220. The minimum Gasteiger partial charge on any atom is -0.495 e. The van der Waals surface area contributed by atoms with Crippen molar-refractivity contribution in [2.45, 2.75) is 33.0 Å². The van der Waals surface area contributed by atoms with Gasteiger partial charge in [-0.2, -0.15) is 5.26 Å². The summed E-state index contributed by atoms with van der Waals surface area (Å²) < 4.78 is 11.8. The van der Waals surface area contributed by atoms with E-state index in [0.717, 1.165) is 57.6 Å².